The summed E-state index contributed by atoms with van der Waals surface area (Å²) in [5, 5.41) is 6.17. The van der Waals surface area contributed by atoms with Crippen LogP contribution in [0.15, 0.2) is 0 Å². The summed E-state index contributed by atoms with van der Waals surface area (Å²) in [5.41, 5.74) is 4.25. The van der Waals surface area contributed by atoms with E-state index in [1.807, 2.05) is 20.8 Å². The Morgan fingerprint density at radius 1 is 1.24 bits per heavy atom. The first-order valence-electron chi connectivity index (χ1n) is 8.64. The molecule has 2 rings (SSSR count). The molecule has 4 amide bonds. The molecular formula is C16H27N5O3S. The number of amides is 4. The van der Waals surface area contributed by atoms with E-state index in [0.717, 1.165) is 12.8 Å². The molecule has 1 saturated carbocycles. The van der Waals surface area contributed by atoms with Crippen LogP contribution in [0, 0.1) is 0 Å². The molecule has 0 aromatic carbocycles. The molecule has 4 N–H and O–H groups in total. The second-order valence-electron chi connectivity index (χ2n) is 7.66. The maximum absolute atomic E-state index is 12.5. The van der Waals surface area contributed by atoms with E-state index >= 15 is 0 Å². The average Bonchev–Trinajstić information content (AvgIpc) is 3.04. The highest BCUT2D eigenvalue weighted by Gasteiger charge is 2.51. The van der Waals surface area contributed by atoms with Gasteiger partial charge in [-0.05, 0) is 52.3 Å². The molecule has 0 radical (unpaired) electrons. The maximum atomic E-state index is 12.5. The first kappa shape index (κ1) is 19.4. The SMILES string of the molecule is CC(C)(C)NC(=S)NNC(=O)CCCN1C(=O)NC2(CCCC2)C1=O. The summed E-state index contributed by atoms with van der Waals surface area (Å²) in [6.45, 7) is 6.11. The number of carbonyl (C=O) groups is 3. The molecule has 2 aliphatic rings. The van der Waals surface area contributed by atoms with E-state index < -0.39 is 5.54 Å². The number of nitrogens with one attached hydrogen (secondary N) is 4. The van der Waals surface area contributed by atoms with Crippen molar-refractivity contribution < 1.29 is 14.4 Å². The molecule has 0 atom stereocenters. The first-order chi connectivity index (χ1) is 11.6. The zero-order valence-corrected chi connectivity index (χ0v) is 15.8. The number of nitrogens with zero attached hydrogens (tertiary/aromatic N) is 1. The molecule has 0 unspecified atom stereocenters. The Labute approximate surface area is 153 Å². The van der Waals surface area contributed by atoms with E-state index in [-0.39, 0.29) is 36.3 Å². The normalized spacial score (nSPS) is 19.1. The Hall–Kier alpha value is -1.90. The summed E-state index contributed by atoms with van der Waals surface area (Å²) < 4.78 is 0. The lowest BCUT2D eigenvalue weighted by atomic mass is 9.98. The largest absolute Gasteiger partial charge is 0.357 e. The maximum Gasteiger partial charge on any atom is 0.325 e. The number of hydrazine groups is 1. The summed E-state index contributed by atoms with van der Waals surface area (Å²) in [4.78, 5) is 37.6. The monoisotopic (exact) mass is 369 g/mol. The third-order valence-corrected chi connectivity index (χ3v) is 4.50. The number of hydrogen-bond acceptors (Lipinski definition) is 4. The van der Waals surface area contributed by atoms with E-state index in [9.17, 15) is 14.4 Å². The fraction of sp³-hybridized carbons (Fsp3) is 0.750. The summed E-state index contributed by atoms with van der Waals surface area (Å²) in [6, 6.07) is -0.346. The van der Waals surface area contributed by atoms with Crippen molar-refractivity contribution in [2.24, 2.45) is 0 Å². The van der Waals surface area contributed by atoms with Crippen molar-refractivity contribution in [1.29, 1.82) is 0 Å². The van der Waals surface area contributed by atoms with Crippen molar-refractivity contribution in [3.63, 3.8) is 0 Å². The third-order valence-electron chi connectivity index (χ3n) is 4.29. The van der Waals surface area contributed by atoms with Gasteiger partial charge in [-0.25, -0.2) is 4.79 Å². The van der Waals surface area contributed by atoms with Gasteiger partial charge >= 0.3 is 6.03 Å². The molecule has 1 heterocycles. The Morgan fingerprint density at radius 2 is 1.88 bits per heavy atom. The summed E-state index contributed by atoms with van der Waals surface area (Å²) in [5.74, 6) is -0.398. The Morgan fingerprint density at radius 3 is 2.48 bits per heavy atom. The second-order valence-corrected chi connectivity index (χ2v) is 8.07. The number of hydrogen-bond donors (Lipinski definition) is 4. The lowest BCUT2D eigenvalue weighted by Crippen LogP contribution is -2.52. The first-order valence-corrected chi connectivity index (χ1v) is 9.05. The van der Waals surface area contributed by atoms with Crippen LogP contribution >= 0.6 is 12.2 Å². The van der Waals surface area contributed by atoms with Crippen molar-refractivity contribution in [2.45, 2.75) is 70.4 Å². The minimum Gasteiger partial charge on any atom is -0.357 e. The Balaban J connectivity index is 1.70. The van der Waals surface area contributed by atoms with Gasteiger partial charge in [-0.2, -0.15) is 0 Å². The van der Waals surface area contributed by atoms with Crippen LogP contribution in [0.25, 0.3) is 0 Å². The van der Waals surface area contributed by atoms with Gasteiger partial charge in [0.1, 0.15) is 5.54 Å². The lowest BCUT2D eigenvalue weighted by molar-refractivity contribution is -0.131. The molecule has 9 heteroatoms. The van der Waals surface area contributed by atoms with Crippen molar-refractivity contribution >= 4 is 35.2 Å². The highest BCUT2D eigenvalue weighted by Crippen LogP contribution is 2.35. The minimum absolute atomic E-state index is 0.149. The van der Waals surface area contributed by atoms with Crippen LogP contribution in [-0.4, -0.2) is 45.5 Å². The Kier molecular flexibility index (Phi) is 5.87. The summed E-state index contributed by atoms with van der Waals surface area (Å²) in [7, 11) is 0. The topological polar surface area (TPSA) is 103 Å². The van der Waals surface area contributed by atoms with Gasteiger partial charge in [-0.3, -0.25) is 25.3 Å². The van der Waals surface area contributed by atoms with Gasteiger partial charge in [-0.15, -0.1) is 0 Å². The standard InChI is InChI=1S/C16H27N5O3S/c1-15(2,3)17-13(25)20-19-11(22)7-6-10-21-12(23)16(18-14(21)24)8-4-5-9-16/h4-10H2,1-3H3,(H,18,24)(H,19,22)(H2,17,20,25). The van der Waals surface area contributed by atoms with Crippen LogP contribution in [-0.2, 0) is 9.59 Å². The van der Waals surface area contributed by atoms with Crippen molar-refractivity contribution in [2.75, 3.05) is 6.54 Å². The van der Waals surface area contributed by atoms with Crippen LogP contribution in [0.1, 0.15) is 59.3 Å². The predicted octanol–water partition coefficient (Wildman–Crippen LogP) is 0.925. The lowest BCUT2D eigenvalue weighted by Gasteiger charge is -2.23. The fourth-order valence-electron chi connectivity index (χ4n) is 3.16. The second kappa shape index (κ2) is 7.55. The third kappa shape index (κ3) is 5.04. The molecule has 1 aliphatic carbocycles. The van der Waals surface area contributed by atoms with Crippen LogP contribution in [0.3, 0.4) is 0 Å². The number of rotatable bonds is 4. The molecule has 0 aromatic heterocycles. The molecule has 140 valence electrons. The molecule has 0 aromatic rings. The number of carbonyl (C=O) groups excluding carboxylic acids is 3. The van der Waals surface area contributed by atoms with Crippen molar-refractivity contribution in [1.82, 2.24) is 26.4 Å². The number of imide groups is 1. The van der Waals surface area contributed by atoms with Crippen molar-refractivity contribution in [3.05, 3.63) is 0 Å². The molecule has 1 spiro atoms. The van der Waals surface area contributed by atoms with E-state index in [1.165, 1.54) is 4.90 Å². The van der Waals surface area contributed by atoms with Gasteiger partial charge in [0.15, 0.2) is 5.11 Å². The highest BCUT2D eigenvalue weighted by molar-refractivity contribution is 7.80. The van der Waals surface area contributed by atoms with Gasteiger partial charge in [0, 0.05) is 18.5 Å². The molecule has 8 nitrogen and oxygen atoms in total. The fourth-order valence-corrected chi connectivity index (χ4v) is 3.51. The summed E-state index contributed by atoms with van der Waals surface area (Å²) >= 11 is 5.07. The zero-order valence-electron chi connectivity index (χ0n) is 15.0. The minimum atomic E-state index is -0.689. The molecule has 1 aliphatic heterocycles. The van der Waals surface area contributed by atoms with E-state index in [2.05, 4.69) is 21.5 Å². The smallest absolute Gasteiger partial charge is 0.325 e. The van der Waals surface area contributed by atoms with Crippen LogP contribution in [0.2, 0.25) is 0 Å². The number of urea groups is 1. The molecule has 1 saturated heterocycles. The molecule has 0 bridgehead atoms. The molecular weight excluding hydrogens is 342 g/mol. The van der Waals surface area contributed by atoms with Gasteiger partial charge in [-0.1, -0.05) is 12.8 Å². The van der Waals surface area contributed by atoms with Crippen molar-refractivity contribution in [3.8, 4) is 0 Å². The van der Waals surface area contributed by atoms with E-state index in [0.29, 0.717) is 24.4 Å². The highest BCUT2D eigenvalue weighted by atomic mass is 32.1. The quantitative estimate of drug-likeness (QED) is 0.334. The van der Waals surface area contributed by atoms with Gasteiger partial charge in [0.2, 0.25) is 5.91 Å². The Bertz CT molecular complexity index is 567. The van der Waals surface area contributed by atoms with E-state index in [4.69, 9.17) is 12.2 Å². The van der Waals surface area contributed by atoms with Gasteiger partial charge in [0.05, 0.1) is 0 Å². The van der Waals surface area contributed by atoms with E-state index in [1.54, 1.807) is 0 Å². The van der Waals surface area contributed by atoms with Crippen LogP contribution < -0.4 is 21.5 Å². The van der Waals surface area contributed by atoms with Gasteiger partial charge < -0.3 is 10.6 Å². The van der Waals surface area contributed by atoms with Gasteiger partial charge in [0.25, 0.3) is 5.91 Å². The van der Waals surface area contributed by atoms with Crippen LogP contribution in [0.5, 0.6) is 0 Å². The number of thiocarbonyl (C=S) groups is 1. The average molecular weight is 369 g/mol. The molecule has 25 heavy (non-hydrogen) atoms. The zero-order chi connectivity index (χ0) is 18.7. The predicted molar refractivity (Wildman–Crippen MR) is 97.4 cm³/mol. The van der Waals surface area contributed by atoms with Crippen LogP contribution in [0.4, 0.5) is 4.79 Å². The molecule has 2 fully saturated rings. The summed E-state index contributed by atoms with van der Waals surface area (Å²) in [6.07, 6.45) is 3.91.